The van der Waals surface area contributed by atoms with Crippen LogP contribution < -0.4 is 15.8 Å². The van der Waals surface area contributed by atoms with Crippen molar-refractivity contribution in [3.63, 3.8) is 0 Å². The summed E-state index contributed by atoms with van der Waals surface area (Å²) in [5.74, 6) is -0.0575. The van der Waals surface area contributed by atoms with Crippen molar-refractivity contribution in [2.45, 2.75) is 39.8 Å². The summed E-state index contributed by atoms with van der Waals surface area (Å²) >= 11 is 0. The van der Waals surface area contributed by atoms with Crippen LogP contribution >= 0.6 is 0 Å². The summed E-state index contributed by atoms with van der Waals surface area (Å²) in [6.45, 7) is 7.08. The number of aromatic nitrogens is 1. The second-order valence-electron chi connectivity index (χ2n) is 7.96. The number of fused-ring (bicyclic) bond motifs is 2. The molecule has 0 saturated carbocycles. The average Bonchev–Trinajstić information content (AvgIpc) is 3.11. The number of anilines is 1. The molecule has 0 atom stereocenters. The van der Waals surface area contributed by atoms with Crippen LogP contribution in [0.15, 0.2) is 47.3 Å². The van der Waals surface area contributed by atoms with Gasteiger partial charge in [0.15, 0.2) is 0 Å². The Labute approximate surface area is 175 Å². The predicted molar refractivity (Wildman–Crippen MR) is 118 cm³/mol. The molecule has 6 nitrogen and oxygen atoms in total. The third-order valence-corrected chi connectivity index (χ3v) is 5.79. The molecule has 1 N–H and O–H groups in total. The van der Waals surface area contributed by atoms with Gasteiger partial charge < -0.3 is 14.8 Å². The van der Waals surface area contributed by atoms with Crippen LogP contribution in [-0.2, 0) is 13.1 Å². The summed E-state index contributed by atoms with van der Waals surface area (Å²) in [5.41, 5.74) is 4.61. The van der Waals surface area contributed by atoms with Crippen molar-refractivity contribution in [2.24, 2.45) is 0 Å². The Balaban J connectivity index is 1.76. The minimum absolute atomic E-state index is 0.0220. The van der Waals surface area contributed by atoms with E-state index in [2.05, 4.69) is 5.32 Å². The molecule has 0 aliphatic carbocycles. The van der Waals surface area contributed by atoms with Gasteiger partial charge in [0.25, 0.3) is 17.4 Å². The fourth-order valence-electron chi connectivity index (χ4n) is 4.09. The number of aryl methyl sites for hydroxylation is 1. The Kier molecular flexibility index (Phi) is 4.94. The van der Waals surface area contributed by atoms with Gasteiger partial charge in [-0.2, -0.15) is 0 Å². The summed E-state index contributed by atoms with van der Waals surface area (Å²) in [5, 5.41) is 3.72. The lowest BCUT2D eigenvalue weighted by molar-refractivity contribution is 0.0964. The number of hydrogen-bond donors (Lipinski definition) is 1. The van der Waals surface area contributed by atoms with Crippen LogP contribution in [0.4, 0.5) is 5.69 Å². The summed E-state index contributed by atoms with van der Waals surface area (Å²) in [6.07, 6.45) is 0. The van der Waals surface area contributed by atoms with E-state index in [0.29, 0.717) is 24.2 Å². The number of pyridine rings is 1. The molecule has 0 unspecified atom stereocenters. The summed E-state index contributed by atoms with van der Waals surface area (Å²) in [6, 6.07) is 12.6. The summed E-state index contributed by atoms with van der Waals surface area (Å²) in [4.78, 5) is 39.1. The van der Waals surface area contributed by atoms with Crippen molar-refractivity contribution in [1.82, 2.24) is 9.88 Å². The Morgan fingerprint density at radius 1 is 1.13 bits per heavy atom. The van der Waals surface area contributed by atoms with E-state index in [1.54, 1.807) is 40.8 Å². The first-order valence-corrected chi connectivity index (χ1v) is 10.2. The van der Waals surface area contributed by atoms with E-state index in [1.165, 1.54) is 0 Å². The summed E-state index contributed by atoms with van der Waals surface area (Å²) in [7, 11) is 1.73. The standard InChI is InChI=1S/C24H25N3O3/c1-5-27-21-9-6-15(11-20(21)19(14(2)3)12-22(27)28)24(30)26(4)17-7-8-18-16(10-17)13-25-23(18)29/h6-12,14H,5,13H2,1-4H3,(H,25,29). The van der Waals surface area contributed by atoms with Gasteiger partial charge in [-0.25, -0.2) is 0 Å². The highest BCUT2D eigenvalue weighted by Crippen LogP contribution is 2.27. The number of carbonyl (C=O) groups is 2. The average molecular weight is 403 g/mol. The SMILES string of the molecule is CCn1c(=O)cc(C(C)C)c2cc(C(=O)N(C)c3ccc4c(c3)CNC4=O)ccc21. The monoisotopic (exact) mass is 403 g/mol. The van der Waals surface area contributed by atoms with Crippen molar-refractivity contribution in [2.75, 3.05) is 11.9 Å². The van der Waals surface area contributed by atoms with Crippen molar-refractivity contribution in [3.8, 4) is 0 Å². The van der Waals surface area contributed by atoms with Gasteiger partial charge in [-0.3, -0.25) is 14.4 Å². The number of nitrogens with one attached hydrogen (secondary N) is 1. The molecule has 0 saturated heterocycles. The van der Waals surface area contributed by atoms with Gasteiger partial charge in [-0.05, 0) is 60.4 Å². The van der Waals surface area contributed by atoms with Crippen LogP contribution in [0.2, 0.25) is 0 Å². The fourth-order valence-corrected chi connectivity index (χ4v) is 4.09. The van der Waals surface area contributed by atoms with Crippen molar-refractivity contribution >= 4 is 28.4 Å². The zero-order valence-electron chi connectivity index (χ0n) is 17.7. The molecular formula is C24H25N3O3. The molecule has 154 valence electrons. The fraction of sp³-hybridized carbons (Fsp3) is 0.292. The molecule has 4 rings (SSSR count). The molecule has 1 aliphatic rings. The van der Waals surface area contributed by atoms with Crippen LogP contribution in [0.3, 0.4) is 0 Å². The molecule has 2 amide bonds. The predicted octanol–water partition coefficient (Wildman–Crippen LogP) is 3.66. The van der Waals surface area contributed by atoms with E-state index in [0.717, 1.165) is 27.7 Å². The molecule has 3 aromatic rings. The van der Waals surface area contributed by atoms with Gasteiger partial charge in [0.05, 0.1) is 5.52 Å². The Hall–Kier alpha value is -3.41. The van der Waals surface area contributed by atoms with Gasteiger partial charge in [0, 0.05) is 48.4 Å². The van der Waals surface area contributed by atoms with Gasteiger partial charge in [0.2, 0.25) is 0 Å². The number of amides is 2. The molecule has 2 aromatic carbocycles. The molecule has 2 heterocycles. The van der Waals surface area contributed by atoms with E-state index in [4.69, 9.17) is 0 Å². The van der Waals surface area contributed by atoms with Crippen molar-refractivity contribution in [1.29, 1.82) is 0 Å². The van der Waals surface area contributed by atoms with Crippen LogP contribution in [-0.4, -0.2) is 23.4 Å². The Morgan fingerprint density at radius 2 is 1.90 bits per heavy atom. The lowest BCUT2D eigenvalue weighted by Gasteiger charge is -2.20. The number of hydrogen-bond acceptors (Lipinski definition) is 3. The minimum atomic E-state index is -0.141. The van der Waals surface area contributed by atoms with Gasteiger partial charge in [0.1, 0.15) is 0 Å². The summed E-state index contributed by atoms with van der Waals surface area (Å²) < 4.78 is 1.73. The molecule has 0 spiro atoms. The molecule has 6 heteroatoms. The molecular weight excluding hydrogens is 378 g/mol. The zero-order chi connectivity index (χ0) is 21.6. The Bertz CT molecular complexity index is 1240. The first-order valence-electron chi connectivity index (χ1n) is 10.2. The number of benzene rings is 2. The van der Waals surface area contributed by atoms with E-state index >= 15 is 0 Å². The van der Waals surface area contributed by atoms with Crippen molar-refractivity contribution < 1.29 is 9.59 Å². The van der Waals surface area contributed by atoms with Crippen LogP contribution in [0.5, 0.6) is 0 Å². The van der Waals surface area contributed by atoms with Gasteiger partial charge in [-0.1, -0.05) is 13.8 Å². The highest BCUT2D eigenvalue weighted by molar-refractivity contribution is 6.08. The lowest BCUT2D eigenvalue weighted by Crippen LogP contribution is -2.26. The van der Waals surface area contributed by atoms with Crippen LogP contribution in [0.25, 0.3) is 10.9 Å². The number of carbonyl (C=O) groups excluding carboxylic acids is 2. The van der Waals surface area contributed by atoms with E-state index in [9.17, 15) is 14.4 Å². The van der Waals surface area contributed by atoms with Gasteiger partial charge >= 0.3 is 0 Å². The van der Waals surface area contributed by atoms with E-state index in [-0.39, 0.29) is 23.3 Å². The molecule has 0 radical (unpaired) electrons. The quantitative estimate of drug-likeness (QED) is 0.723. The van der Waals surface area contributed by atoms with E-state index < -0.39 is 0 Å². The topological polar surface area (TPSA) is 71.4 Å². The lowest BCUT2D eigenvalue weighted by atomic mass is 9.97. The molecule has 0 bridgehead atoms. The highest BCUT2D eigenvalue weighted by atomic mass is 16.2. The largest absolute Gasteiger partial charge is 0.348 e. The molecule has 1 aromatic heterocycles. The first kappa shape index (κ1) is 19.9. The van der Waals surface area contributed by atoms with Crippen LogP contribution in [0.1, 0.15) is 58.5 Å². The normalized spacial score (nSPS) is 12.9. The highest BCUT2D eigenvalue weighted by Gasteiger charge is 2.22. The molecule has 30 heavy (non-hydrogen) atoms. The third kappa shape index (κ3) is 3.18. The van der Waals surface area contributed by atoms with E-state index in [1.807, 2.05) is 39.0 Å². The zero-order valence-corrected chi connectivity index (χ0v) is 17.7. The number of rotatable bonds is 4. The number of nitrogens with zero attached hydrogens (tertiary/aromatic N) is 2. The molecule has 0 fully saturated rings. The first-order chi connectivity index (χ1) is 14.3. The third-order valence-electron chi connectivity index (χ3n) is 5.79. The Morgan fingerprint density at radius 3 is 2.60 bits per heavy atom. The maximum Gasteiger partial charge on any atom is 0.258 e. The molecule has 1 aliphatic heterocycles. The second kappa shape index (κ2) is 7.44. The van der Waals surface area contributed by atoms with Gasteiger partial charge in [-0.15, -0.1) is 0 Å². The maximum absolute atomic E-state index is 13.2. The second-order valence-corrected chi connectivity index (χ2v) is 7.96. The van der Waals surface area contributed by atoms with Crippen LogP contribution in [0, 0.1) is 0 Å². The smallest absolute Gasteiger partial charge is 0.258 e. The van der Waals surface area contributed by atoms with Crippen molar-refractivity contribution in [3.05, 3.63) is 75.1 Å². The minimum Gasteiger partial charge on any atom is -0.348 e. The maximum atomic E-state index is 13.2.